The third-order valence-electron chi connectivity index (χ3n) is 5.06. The fourth-order valence-electron chi connectivity index (χ4n) is 3.93. The Labute approximate surface area is 113 Å². The lowest BCUT2D eigenvalue weighted by Crippen LogP contribution is -2.39. The zero-order chi connectivity index (χ0) is 13.4. The summed E-state index contributed by atoms with van der Waals surface area (Å²) < 4.78 is 0. The summed E-state index contributed by atoms with van der Waals surface area (Å²) >= 11 is 0. The first-order chi connectivity index (χ1) is 9.18. The van der Waals surface area contributed by atoms with E-state index in [2.05, 4.69) is 0 Å². The molecule has 4 heteroatoms. The van der Waals surface area contributed by atoms with Gasteiger partial charge in [-0.25, -0.2) is 0 Å². The molecule has 0 radical (unpaired) electrons. The van der Waals surface area contributed by atoms with Crippen LogP contribution in [0.3, 0.4) is 0 Å². The number of nitrogens with zero attached hydrogens (tertiary/aromatic N) is 1. The Balaban J connectivity index is 1.64. The van der Waals surface area contributed by atoms with Crippen LogP contribution in [-0.2, 0) is 14.4 Å². The van der Waals surface area contributed by atoms with Crippen molar-refractivity contribution in [3.05, 3.63) is 0 Å². The number of ketones is 1. The summed E-state index contributed by atoms with van der Waals surface area (Å²) in [6, 6.07) is 0. The Kier molecular flexibility index (Phi) is 3.42. The van der Waals surface area contributed by atoms with Crippen LogP contribution in [0.1, 0.15) is 51.4 Å². The van der Waals surface area contributed by atoms with Crippen molar-refractivity contribution in [1.82, 2.24) is 4.90 Å². The molecule has 3 rings (SSSR count). The second kappa shape index (κ2) is 5.06. The number of imide groups is 1. The van der Waals surface area contributed by atoms with E-state index < -0.39 is 0 Å². The molecule has 1 heterocycles. The van der Waals surface area contributed by atoms with E-state index in [1.807, 2.05) is 0 Å². The molecule has 0 spiro atoms. The van der Waals surface area contributed by atoms with Crippen LogP contribution < -0.4 is 0 Å². The van der Waals surface area contributed by atoms with Crippen molar-refractivity contribution in [2.75, 3.05) is 6.54 Å². The summed E-state index contributed by atoms with van der Waals surface area (Å²) in [5, 5.41) is 0. The summed E-state index contributed by atoms with van der Waals surface area (Å²) in [5.74, 6) is -0.234. The van der Waals surface area contributed by atoms with Gasteiger partial charge < -0.3 is 0 Å². The molecule has 0 N–H and O–H groups in total. The summed E-state index contributed by atoms with van der Waals surface area (Å²) in [4.78, 5) is 37.8. The highest BCUT2D eigenvalue weighted by Crippen LogP contribution is 2.39. The van der Waals surface area contributed by atoms with E-state index in [4.69, 9.17) is 0 Å². The number of amides is 2. The highest BCUT2D eigenvalue weighted by molar-refractivity contribution is 6.07. The van der Waals surface area contributed by atoms with Crippen molar-refractivity contribution in [3.8, 4) is 0 Å². The molecule has 0 aromatic heterocycles. The molecule has 19 heavy (non-hydrogen) atoms. The minimum Gasteiger partial charge on any atom is -0.297 e. The van der Waals surface area contributed by atoms with E-state index in [0.717, 1.165) is 44.9 Å². The third kappa shape index (κ3) is 2.21. The Bertz CT molecular complexity index is 390. The Morgan fingerprint density at radius 1 is 0.895 bits per heavy atom. The summed E-state index contributed by atoms with van der Waals surface area (Å²) in [6.45, 7) is 0.0370. The Morgan fingerprint density at radius 3 is 2.05 bits per heavy atom. The van der Waals surface area contributed by atoms with Gasteiger partial charge in [0, 0.05) is 5.92 Å². The van der Waals surface area contributed by atoms with Crippen LogP contribution in [-0.4, -0.2) is 29.0 Å². The van der Waals surface area contributed by atoms with Crippen molar-refractivity contribution in [1.29, 1.82) is 0 Å². The molecule has 1 aliphatic heterocycles. The molecule has 0 bridgehead atoms. The maximum atomic E-state index is 12.2. The molecule has 2 atom stereocenters. The molecule has 104 valence electrons. The highest BCUT2D eigenvalue weighted by atomic mass is 16.2. The van der Waals surface area contributed by atoms with Gasteiger partial charge in [-0.05, 0) is 25.7 Å². The monoisotopic (exact) mass is 263 g/mol. The number of hydrogen-bond donors (Lipinski definition) is 0. The molecular weight excluding hydrogens is 242 g/mol. The SMILES string of the molecule is O=C(CN1C(=O)C2CCCC2C1=O)C1CCCCC1. The summed E-state index contributed by atoms with van der Waals surface area (Å²) in [7, 11) is 0. The molecule has 3 fully saturated rings. The van der Waals surface area contributed by atoms with E-state index in [1.54, 1.807) is 0 Å². The molecule has 2 unspecified atom stereocenters. The molecule has 2 amide bonds. The number of Topliss-reactive ketones (excluding diaryl/α,β-unsaturated/α-hetero) is 1. The van der Waals surface area contributed by atoms with Gasteiger partial charge in [0.25, 0.3) is 0 Å². The maximum absolute atomic E-state index is 12.2. The first kappa shape index (κ1) is 12.8. The molecule has 4 nitrogen and oxygen atoms in total. The fraction of sp³-hybridized carbons (Fsp3) is 0.800. The summed E-state index contributed by atoms with van der Waals surface area (Å²) in [5.41, 5.74) is 0. The van der Waals surface area contributed by atoms with Gasteiger partial charge in [-0.3, -0.25) is 19.3 Å². The van der Waals surface area contributed by atoms with E-state index >= 15 is 0 Å². The Hall–Kier alpha value is -1.19. The topological polar surface area (TPSA) is 54.5 Å². The zero-order valence-electron chi connectivity index (χ0n) is 11.3. The van der Waals surface area contributed by atoms with Crippen LogP contribution in [0.5, 0.6) is 0 Å². The predicted molar refractivity (Wildman–Crippen MR) is 69.1 cm³/mol. The predicted octanol–water partition coefficient (Wildman–Crippen LogP) is 1.92. The number of likely N-dealkylation sites (tertiary alicyclic amines) is 1. The zero-order valence-corrected chi connectivity index (χ0v) is 11.3. The van der Waals surface area contributed by atoms with Gasteiger partial charge in [-0.2, -0.15) is 0 Å². The largest absolute Gasteiger partial charge is 0.297 e. The van der Waals surface area contributed by atoms with Crippen LogP contribution in [0.4, 0.5) is 0 Å². The van der Waals surface area contributed by atoms with Crippen molar-refractivity contribution in [3.63, 3.8) is 0 Å². The molecule has 0 aromatic carbocycles. The lowest BCUT2D eigenvalue weighted by molar-refractivity contribution is -0.144. The second-order valence-electron chi connectivity index (χ2n) is 6.21. The molecular formula is C15H21NO3. The highest BCUT2D eigenvalue weighted by Gasteiger charge is 2.50. The molecule has 3 aliphatic rings. The van der Waals surface area contributed by atoms with Gasteiger partial charge in [0.15, 0.2) is 5.78 Å². The average Bonchev–Trinajstić information content (AvgIpc) is 3.00. The number of carbonyl (C=O) groups excluding carboxylic acids is 3. The third-order valence-corrected chi connectivity index (χ3v) is 5.06. The quantitative estimate of drug-likeness (QED) is 0.731. The summed E-state index contributed by atoms with van der Waals surface area (Å²) in [6.07, 6.45) is 7.89. The lowest BCUT2D eigenvalue weighted by Gasteiger charge is -2.23. The van der Waals surface area contributed by atoms with Crippen LogP contribution in [0.2, 0.25) is 0 Å². The van der Waals surface area contributed by atoms with E-state index in [9.17, 15) is 14.4 Å². The van der Waals surface area contributed by atoms with Crippen molar-refractivity contribution in [2.24, 2.45) is 17.8 Å². The number of fused-ring (bicyclic) bond motifs is 1. The van der Waals surface area contributed by atoms with Gasteiger partial charge in [0.1, 0.15) is 0 Å². The van der Waals surface area contributed by atoms with Crippen LogP contribution >= 0.6 is 0 Å². The van der Waals surface area contributed by atoms with Crippen molar-refractivity contribution >= 4 is 17.6 Å². The maximum Gasteiger partial charge on any atom is 0.233 e. The average molecular weight is 263 g/mol. The minimum absolute atomic E-state index is 0.0370. The molecule has 1 saturated heterocycles. The van der Waals surface area contributed by atoms with Crippen LogP contribution in [0, 0.1) is 17.8 Å². The number of carbonyl (C=O) groups is 3. The van der Waals surface area contributed by atoms with Gasteiger partial charge in [-0.15, -0.1) is 0 Å². The lowest BCUT2D eigenvalue weighted by atomic mass is 9.86. The van der Waals surface area contributed by atoms with Crippen molar-refractivity contribution < 1.29 is 14.4 Å². The van der Waals surface area contributed by atoms with Crippen LogP contribution in [0.15, 0.2) is 0 Å². The first-order valence-electron chi connectivity index (χ1n) is 7.56. The van der Waals surface area contributed by atoms with Gasteiger partial charge >= 0.3 is 0 Å². The molecule has 0 aromatic rings. The first-order valence-corrected chi connectivity index (χ1v) is 7.56. The standard InChI is InChI=1S/C15H21NO3/c17-13(10-5-2-1-3-6-10)9-16-14(18)11-7-4-8-12(11)15(16)19/h10-12H,1-9H2. The number of hydrogen-bond acceptors (Lipinski definition) is 3. The van der Waals surface area contributed by atoms with E-state index in [-0.39, 0.29) is 41.9 Å². The van der Waals surface area contributed by atoms with Crippen LogP contribution in [0.25, 0.3) is 0 Å². The normalized spacial score (nSPS) is 31.9. The van der Waals surface area contributed by atoms with Gasteiger partial charge in [-0.1, -0.05) is 25.7 Å². The Morgan fingerprint density at radius 2 is 1.47 bits per heavy atom. The van der Waals surface area contributed by atoms with Crippen molar-refractivity contribution in [2.45, 2.75) is 51.4 Å². The smallest absolute Gasteiger partial charge is 0.233 e. The van der Waals surface area contributed by atoms with E-state index in [1.165, 1.54) is 11.3 Å². The molecule has 2 aliphatic carbocycles. The minimum atomic E-state index is -0.119. The van der Waals surface area contributed by atoms with Gasteiger partial charge in [0.05, 0.1) is 18.4 Å². The fourth-order valence-corrected chi connectivity index (χ4v) is 3.93. The van der Waals surface area contributed by atoms with Gasteiger partial charge in [0.2, 0.25) is 11.8 Å². The van der Waals surface area contributed by atoms with E-state index in [0.29, 0.717) is 0 Å². The number of rotatable bonds is 3. The second-order valence-corrected chi connectivity index (χ2v) is 6.21. The molecule has 2 saturated carbocycles.